The number of hydrogen-bond donors (Lipinski definition) is 0. The standard InChI is InChI=1S/C15H23NO7/c1-15(14(18)20-3)12(13(17)19-2)10(16-23-15)7-9-22-11-6-4-5-8-21-11/h11-12H,4-9H2,1-3H3/t11?,12-,15-/m1/s1. The minimum Gasteiger partial charge on any atom is -0.468 e. The van der Waals surface area contributed by atoms with E-state index in [0.717, 1.165) is 19.3 Å². The average molecular weight is 329 g/mol. The lowest BCUT2D eigenvalue weighted by molar-refractivity contribution is -0.175. The van der Waals surface area contributed by atoms with Crippen LogP contribution in [-0.4, -0.2) is 57.0 Å². The molecule has 0 aromatic carbocycles. The molecule has 1 unspecified atom stereocenters. The van der Waals surface area contributed by atoms with E-state index < -0.39 is 23.5 Å². The summed E-state index contributed by atoms with van der Waals surface area (Å²) in [6, 6.07) is 0. The predicted octanol–water partition coefficient (Wildman–Crippen LogP) is 1.03. The number of carbonyl (C=O) groups is 2. The largest absolute Gasteiger partial charge is 0.468 e. The molecular formula is C15H23NO7. The summed E-state index contributed by atoms with van der Waals surface area (Å²) in [5.74, 6) is -2.22. The third-order valence-corrected chi connectivity index (χ3v) is 4.06. The molecule has 8 nitrogen and oxygen atoms in total. The maximum Gasteiger partial charge on any atom is 0.354 e. The highest BCUT2D eigenvalue weighted by atomic mass is 16.7. The van der Waals surface area contributed by atoms with Gasteiger partial charge in [0, 0.05) is 13.0 Å². The Bertz CT molecular complexity index is 472. The molecule has 23 heavy (non-hydrogen) atoms. The number of rotatable bonds is 6. The fourth-order valence-corrected chi connectivity index (χ4v) is 2.74. The summed E-state index contributed by atoms with van der Waals surface area (Å²) in [6.07, 6.45) is 3.08. The van der Waals surface area contributed by atoms with Crippen LogP contribution in [0.1, 0.15) is 32.6 Å². The van der Waals surface area contributed by atoms with E-state index in [1.807, 2.05) is 0 Å². The van der Waals surface area contributed by atoms with Gasteiger partial charge < -0.3 is 23.8 Å². The first kappa shape index (κ1) is 17.7. The van der Waals surface area contributed by atoms with E-state index in [1.165, 1.54) is 21.1 Å². The molecule has 0 N–H and O–H groups in total. The van der Waals surface area contributed by atoms with E-state index in [0.29, 0.717) is 25.3 Å². The maximum absolute atomic E-state index is 12.1. The van der Waals surface area contributed by atoms with Gasteiger partial charge in [0.1, 0.15) is 0 Å². The van der Waals surface area contributed by atoms with E-state index in [-0.39, 0.29) is 6.29 Å². The summed E-state index contributed by atoms with van der Waals surface area (Å²) < 4.78 is 20.6. The zero-order valence-corrected chi connectivity index (χ0v) is 13.7. The third-order valence-electron chi connectivity index (χ3n) is 4.06. The third kappa shape index (κ3) is 3.81. The van der Waals surface area contributed by atoms with Gasteiger partial charge >= 0.3 is 11.9 Å². The number of esters is 2. The molecule has 0 aromatic heterocycles. The van der Waals surface area contributed by atoms with E-state index in [1.54, 1.807) is 0 Å². The van der Waals surface area contributed by atoms with Crippen molar-refractivity contribution in [3.8, 4) is 0 Å². The van der Waals surface area contributed by atoms with Crippen molar-refractivity contribution in [2.75, 3.05) is 27.4 Å². The van der Waals surface area contributed by atoms with Crippen LogP contribution in [0.4, 0.5) is 0 Å². The lowest BCUT2D eigenvalue weighted by Gasteiger charge is -2.25. The van der Waals surface area contributed by atoms with Crippen LogP contribution in [-0.2, 0) is 33.4 Å². The number of carbonyl (C=O) groups excluding carboxylic acids is 2. The molecule has 0 amide bonds. The van der Waals surface area contributed by atoms with Crippen LogP contribution in [0.3, 0.4) is 0 Å². The van der Waals surface area contributed by atoms with Crippen molar-refractivity contribution in [3.63, 3.8) is 0 Å². The zero-order valence-electron chi connectivity index (χ0n) is 13.7. The minimum absolute atomic E-state index is 0.227. The Morgan fingerprint density at radius 2 is 2.09 bits per heavy atom. The Kier molecular flexibility index (Phi) is 5.95. The predicted molar refractivity (Wildman–Crippen MR) is 78.6 cm³/mol. The molecule has 0 bridgehead atoms. The van der Waals surface area contributed by atoms with E-state index >= 15 is 0 Å². The van der Waals surface area contributed by atoms with Crippen molar-refractivity contribution in [2.24, 2.45) is 11.1 Å². The van der Waals surface area contributed by atoms with Crippen molar-refractivity contribution in [1.82, 2.24) is 0 Å². The number of ether oxygens (including phenoxy) is 4. The second-order valence-corrected chi connectivity index (χ2v) is 5.65. The quantitative estimate of drug-likeness (QED) is 0.672. The Hall–Kier alpha value is -1.67. The molecule has 0 aromatic rings. The van der Waals surface area contributed by atoms with Crippen molar-refractivity contribution in [1.29, 1.82) is 0 Å². The van der Waals surface area contributed by atoms with E-state index in [9.17, 15) is 9.59 Å². The molecule has 2 rings (SSSR count). The molecule has 2 heterocycles. The highest BCUT2D eigenvalue weighted by Crippen LogP contribution is 2.33. The number of oxime groups is 1. The van der Waals surface area contributed by atoms with Gasteiger partial charge in [-0.05, 0) is 26.2 Å². The molecule has 0 spiro atoms. The van der Waals surface area contributed by atoms with Crippen LogP contribution >= 0.6 is 0 Å². The molecule has 130 valence electrons. The summed E-state index contributed by atoms with van der Waals surface area (Å²) in [5.41, 5.74) is -1.11. The van der Waals surface area contributed by atoms with Gasteiger partial charge in [-0.3, -0.25) is 4.79 Å². The van der Waals surface area contributed by atoms with E-state index in [2.05, 4.69) is 5.16 Å². The van der Waals surface area contributed by atoms with Crippen LogP contribution < -0.4 is 0 Å². The Morgan fingerprint density at radius 3 is 2.70 bits per heavy atom. The van der Waals surface area contributed by atoms with Crippen molar-refractivity contribution >= 4 is 17.7 Å². The number of hydrogen-bond acceptors (Lipinski definition) is 8. The maximum atomic E-state index is 12.1. The van der Waals surface area contributed by atoms with Gasteiger partial charge in [0.05, 0.1) is 26.5 Å². The Labute approximate surface area is 135 Å². The lowest BCUT2D eigenvalue weighted by Crippen LogP contribution is -2.48. The molecular weight excluding hydrogens is 306 g/mol. The molecule has 3 atom stereocenters. The van der Waals surface area contributed by atoms with Crippen LogP contribution in [0, 0.1) is 5.92 Å². The minimum atomic E-state index is -1.52. The van der Waals surface area contributed by atoms with E-state index in [4.69, 9.17) is 23.8 Å². The molecule has 0 radical (unpaired) electrons. The molecule has 1 saturated heterocycles. The first-order chi connectivity index (χ1) is 11.0. The number of methoxy groups -OCH3 is 2. The summed E-state index contributed by atoms with van der Waals surface area (Å²) in [6.45, 7) is 2.47. The van der Waals surface area contributed by atoms with Gasteiger partial charge in [0.2, 0.25) is 5.60 Å². The first-order valence-electron chi connectivity index (χ1n) is 7.67. The SMILES string of the molecule is COC(=O)[C@H]1C(CCOC2CCCCO2)=NO[C@@]1(C)C(=O)OC. The van der Waals surface area contributed by atoms with Gasteiger partial charge in [-0.2, -0.15) is 0 Å². The smallest absolute Gasteiger partial charge is 0.354 e. The lowest BCUT2D eigenvalue weighted by atomic mass is 9.85. The van der Waals surface area contributed by atoms with Gasteiger partial charge in [-0.25, -0.2) is 4.79 Å². The monoisotopic (exact) mass is 329 g/mol. The zero-order chi connectivity index (χ0) is 16.9. The Balaban J connectivity index is 1.96. The topological polar surface area (TPSA) is 92.7 Å². The Morgan fingerprint density at radius 1 is 1.30 bits per heavy atom. The highest BCUT2D eigenvalue weighted by molar-refractivity contribution is 6.08. The van der Waals surface area contributed by atoms with Crippen LogP contribution in [0.2, 0.25) is 0 Å². The van der Waals surface area contributed by atoms with Crippen LogP contribution in [0.25, 0.3) is 0 Å². The second kappa shape index (κ2) is 7.74. The molecule has 8 heteroatoms. The van der Waals surface area contributed by atoms with Crippen molar-refractivity contribution < 1.29 is 33.4 Å². The first-order valence-corrected chi connectivity index (χ1v) is 7.67. The number of nitrogens with zero attached hydrogens (tertiary/aromatic N) is 1. The second-order valence-electron chi connectivity index (χ2n) is 5.65. The van der Waals surface area contributed by atoms with Crippen molar-refractivity contribution in [2.45, 2.75) is 44.5 Å². The summed E-state index contributed by atoms with van der Waals surface area (Å²) in [4.78, 5) is 29.2. The average Bonchev–Trinajstić information content (AvgIpc) is 2.92. The van der Waals surface area contributed by atoms with Gasteiger partial charge in [0.15, 0.2) is 12.2 Å². The van der Waals surface area contributed by atoms with Gasteiger partial charge in [0.25, 0.3) is 0 Å². The molecule has 1 fully saturated rings. The molecule has 0 saturated carbocycles. The van der Waals surface area contributed by atoms with Crippen LogP contribution in [0.15, 0.2) is 5.16 Å². The van der Waals surface area contributed by atoms with Crippen molar-refractivity contribution in [3.05, 3.63) is 0 Å². The van der Waals surface area contributed by atoms with Gasteiger partial charge in [-0.15, -0.1) is 0 Å². The molecule has 0 aliphatic carbocycles. The fourth-order valence-electron chi connectivity index (χ4n) is 2.74. The fraction of sp³-hybridized carbons (Fsp3) is 0.800. The van der Waals surface area contributed by atoms with Gasteiger partial charge in [-0.1, -0.05) is 5.16 Å². The summed E-state index contributed by atoms with van der Waals surface area (Å²) in [7, 11) is 2.48. The summed E-state index contributed by atoms with van der Waals surface area (Å²) in [5, 5.41) is 3.89. The highest BCUT2D eigenvalue weighted by Gasteiger charge is 2.56. The van der Waals surface area contributed by atoms with Crippen LogP contribution in [0.5, 0.6) is 0 Å². The summed E-state index contributed by atoms with van der Waals surface area (Å²) >= 11 is 0. The molecule has 2 aliphatic heterocycles. The molecule has 2 aliphatic rings. The normalized spacial score (nSPS) is 30.3.